The molecule has 5 nitrogen and oxygen atoms in total. The van der Waals surface area contributed by atoms with Gasteiger partial charge in [-0.05, 0) is 80.4 Å². The summed E-state index contributed by atoms with van der Waals surface area (Å²) in [4.78, 5) is 29.8. The van der Waals surface area contributed by atoms with Crippen molar-refractivity contribution < 1.29 is 14.0 Å². The predicted octanol–water partition coefficient (Wildman–Crippen LogP) is 3.44. The first-order chi connectivity index (χ1) is 14.5. The van der Waals surface area contributed by atoms with Crippen molar-refractivity contribution in [2.75, 3.05) is 32.7 Å². The van der Waals surface area contributed by atoms with E-state index in [0.29, 0.717) is 45.1 Å². The molecule has 0 aromatic heterocycles. The summed E-state index contributed by atoms with van der Waals surface area (Å²) >= 11 is 0. The number of hydrogen-bond acceptors (Lipinski definition) is 2. The maximum atomic E-state index is 13.5. The number of piperazine rings is 1. The topological polar surface area (TPSA) is 52.7 Å². The highest BCUT2D eigenvalue weighted by Crippen LogP contribution is 2.60. The molecule has 4 saturated carbocycles. The van der Waals surface area contributed by atoms with Gasteiger partial charge in [0.25, 0.3) is 0 Å². The third-order valence-electron chi connectivity index (χ3n) is 7.92. The van der Waals surface area contributed by atoms with Crippen molar-refractivity contribution in [1.29, 1.82) is 0 Å². The van der Waals surface area contributed by atoms with Gasteiger partial charge in [0.05, 0.1) is 5.41 Å². The van der Waals surface area contributed by atoms with Crippen LogP contribution >= 0.6 is 0 Å². The zero-order valence-electron chi connectivity index (χ0n) is 17.6. The fourth-order valence-corrected chi connectivity index (χ4v) is 6.94. The van der Waals surface area contributed by atoms with Crippen LogP contribution in [0.15, 0.2) is 24.3 Å². The molecule has 162 valence electrons. The normalized spacial score (nSPS) is 32.4. The number of halogens is 1. The quantitative estimate of drug-likeness (QED) is 0.822. The van der Waals surface area contributed by atoms with Crippen LogP contribution in [-0.2, 0) is 11.2 Å². The minimum absolute atomic E-state index is 0.0895. The van der Waals surface area contributed by atoms with Gasteiger partial charge >= 0.3 is 6.03 Å². The molecule has 30 heavy (non-hydrogen) atoms. The number of nitrogens with one attached hydrogen (secondary N) is 1. The predicted molar refractivity (Wildman–Crippen MR) is 112 cm³/mol. The summed E-state index contributed by atoms with van der Waals surface area (Å²) in [6.07, 6.45) is 7.92. The highest BCUT2D eigenvalue weighted by molar-refractivity contribution is 5.84. The largest absolute Gasteiger partial charge is 0.339 e. The van der Waals surface area contributed by atoms with Crippen LogP contribution in [0.2, 0.25) is 0 Å². The number of carbonyl (C=O) groups excluding carboxylic acids is 2. The standard InChI is InChI=1S/C24H32FN3O2/c25-21-3-1-2-17(13-21)4-5-26-23(30)28-8-6-27(7-9-28)22(29)24-14-18-10-19(15-24)12-20(11-18)16-24/h1-3,13,18-20H,4-12,14-16H2,(H,26,30). The van der Waals surface area contributed by atoms with E-state index < -0.39 is 0 Å². The van der Waals surface area contributed by atoms with Gasteiger partial charge in [0, 0.05) is 32.7 Å². The minimum atomic E-state index is -0.251. The van der Waals surface area contributed by atoms with E-state index >= 15 is 0 Å². The summed E-state index contributed by atoms with van der Waals surface area (Å²) < 4.78 is 13.3. The molecule has 3 amide bonds. The fraction of sp³-hybridized carbons (Fsp3) is 0.667. The van der Waals surface area contributed by atoms with Crippen molar-refractivity contribution in [3.05, 3.63) is 35.6 Å². The Hall–Kier alpha value is -2.11. The first-order valence-electron chi connectivity index (χ1n) is 11.6. The van der Waals surface area contributed by atoms with Crippen LogP contribution in [0.5, 0.6) is 0 Å². The van der Waals surface area contributed by atoms with E-state index in [-0.39, 0.29) is 17.3 Å². The second kappa shape index (κ2) is 7.86. The average Bonchev–Trinajstić information content (AvgIpc) is 2.72. The molecule has 5 fully saturated rings. The first kappa shape index (κ1) is 19.8. The van der Waals surface area contributed by atoms with Gasteiger partial charge in [-0.1, -0.05) is 12.1 Å². The van der Waals surface area contributed by atoms with Gasteiger partial charge in [-0.2, -0.15) is 0 Å². The lowest BCUT2D eigenvalue weighted by Gasteiger charge is -2.57. The van der Waals surface area contributed by atoms with E-state index in [9.17, 15) is 14.0 Å². The summed E-state index contributed by atoms with van der Waals surface area (Å²) in [5.74, 6) is 2.42. The fourth-order valence-electron chi connectivity index (χ4n) is 6.94. The summed E-state index contributed by atoms with van der Waals surface area (Å²) in [6, 6.07) is 6.39. The van der Waals surface area contributed by atoms with Crippen LogP contribution in [0.4, 0.5) is 9.18 Å². The van der Waals surface area contributed by atoms with Crippen LogP contribution in [0.25, 0.3) is 0 Å². The van der Waals surface area contributed by atoms with Crippen molar-refractivity contribution in [3.63, 3.8) is 0 Å². The molecule has 1 aromatic carbocycles. The lowest BCUT2D eigenvalue weighted by atomic mass is 9.49. The van der Waals surface area contributed by atoms with Gasteiger partial charge in [-0.15, -0.1) is 0 Å². The van der Waals surface area contributed by atoms with Crippen LogP contribution in [0.3, 0.4) is 0 Å². The first-order valence-corrected chi connectivity index (χ1v) is 11.6. The van der Waals surface area contributed by atoms with Crippen LogP contribution in [-0.4, -0.2) is 54.5 Å². The molecule has 4 bridgehead atoms. The van der Waals surface area contributed by atoms with Crippen molar-refractivity contribution in [2.24, 2.45) is 23.2 Å². The summed E-state index contributed by atoms with van der Waals surface area (Å²) in [5, 5.41) is 2.93. The summed E-state index contributed by atoms with van der Waals surface area (Å²) in [7, 11) is 0. The van der Waals surface area contributed by atoms with Gasteiger partial charge in [-0.25, -0.2) is 9.18 Å². The highest BCUT2D eigenvalue weighted by atomic mass is 19.1. The molecular formula is C24H32FN3O2. The summed E-state index contributed by atoms with van der Waals surface area (Å²) in [6.45, 7) is 2.93. The van der Waals surface area contributed by atoms with Crippen molar-refractivity contribution in [3.8, 4) is 0 Å². The Morgan fingerprint density at radius 2 is 1.57 bits per heavy atom. The molecule has 0 unspecified atom stereocenters. The Morgan fingerprint density at radius 1 is 0.967 bits per heavy atom. The van der Waals surface area contributed by atoms with E-state index in [4.69, 9.17) is 0 Å². The molecule has 0 atom stereocenters. The molecule has 0 spiro atoms. The number of hydrogen-bond donors (Lipinski definition) is 1. The van der Waals surface area contributed by atoms with Crippen molar-refractivity contribution in [2.45, 2.75) is 44.9 Å². The highest BCUT2D eigenvalue weighted by Gasteiger charge is 2.55. The van der Waals surface area contributed by atoms with Crippen molar-refractivity contribution in [1.82, 2.24) is 15.1 Å². The molecule has 1 N–H and O–H groups in total. The van der Waals surface area contributed by atoms with Gasteiger partial charge in [0.1, 0.15) is 5.82 Å². The lowest BCUT2D eigenvalue weighted by molar-refractivity contribution is -0.159. The third-order valence-corrected chi connectivity index (χ3v) is 7.92. The zero-order chi connectivity index (χ0) is 20.7. The summed E-state index contributed by atoms with van der Waals surface area (Å²) in [5.41, 5.74) is 0.783. The Bertz CT molecular complexity index is 783. The zero-order valence-corrected chi connectivity index (χ0v) is 17.6. The maximum Gasteiger partial charge on any atom is 0.317 e. The molecule has 1 heterocycles. The Kier molecular flexibility index (Phi) is 5.19. The third kappa shape index (κ3) is 3.81. The molecule has 5 aliphatic rings. The second-order valence-electron chi connectivity index (χ2n) is 10.1. The average molecular weight is 414 g/mol. The molecule has 4 aliphatic carbocycles. The molecule has 1 saturated heterocycles. The van der Waals surface area contributed by atoms with Gasteiger partial charge in [0.15, 0.2) is 0 Å². The van der Waals surface area contributed by atoms with Crippen molar-refractivity contribution >= 4 is 11.9 Å². The van der Waals surface area contributed by atoms with E-state index in [1.165, 1.54) is 31.4 Å². The Morgan fingerprint density at radius 3 is 2.17 bits per heavy atom. The van der Waals surface area contributed by atoms with Crippen LogP contribution in [0.1, 0.15) is 44.1 Å². The molecule has 6 rings (SSSR count). The van der Waals surface area contributed by atoms with E-state index in [0.717, 1.165) is 42.6 Å². The van der Waals surface area contributed by atoms with E-state index in [1.807, 2.05) is 11.0 Å². The second-order valence-corrected chi connectivity index (χ2v) is 10.1. The molecule has 0 radical (unpaired) electrons. The van der Waals surface area contributed by atoms with Crippen LogP contribution < -0.4 is 5.32 Å². The number of nitrogens with zero attached hydrogens (tertiary/aromatic N) is 2. The number of urea groups is 1. The Balaban J connectivity index is 1.10. The SMILES string of the molecule is O=C(NCCc1cccc(F)c1)N1CCN(C(=O)C23CC4CC(CC(C4)C2)C3)CC1. The lowest BCUT2D eigenvalue weighted by Crippen LogP contribution is -2.59. The maximum absolute atomic E-state index is 13.5. The van der Waals surface area contributed by atoms with E-state index in [1.54, 1.807) is 11.0 Å². The van der Waals surface area contributed by atoms with Crippen LogP contribution in [0, 0.1) is 29.0 Å². The molecule has 6 heteroatoms. The Labute approximate surface area is 178 Å². The smallest absolute Gasteiger partial charge is 0.317 e. The molecule has 1 aromatic rings. The number of rotatable bonds is 4. The minimum Gasteiger partial charge on any atom is -0.339 e. The number of amides is 3. The number of carbonyl (C=O) groups is 2. The molecule has 1 aliphatic heterocycles. The number of benzene rings is 1. The van der Waals surface area contributed by atoms with Gasteiger partial charge in [-0.3, -0.25) is 4.79 Å². The molecular weight excluding hydrogens is 381 g/mol. The monoisotopic (exact) mass is 413 g/mol. The van der Waals surface area contributed by atoms with Gasteiger partial charge in [0.2, 0.25) is 5.91 Å². The van der Waals surface area contributed by atoms with E-state index in [2.05, 4.69) is 5.32 Å². The van der Waals surface area contributed by atoms with Gasteiger partial charge < -0.3 is 15.1 Å².